The van der Waals surface area contributed by atoms with Crippen molar-refractivity contribution in [3.63, 3.8) is 0 Å². The SMILES string of the molecule is CO[C@@H](C)c1nc(C)c(C(=O)N(C2CC2)[C@H](C)c2ccccn2)s1. The molecule has 2 atom stereocenters. The molecule has 0 spiro atoms. The zero-order chi connectivity index (χ0) is 17.3. The molecule has 2 heterocycles. The highest BCUT2D eigenvalue weighted by molar-refractivity contribution is 7.13. The molecule has 0 aliphatic heterocycles. The van der Waals surface area contributed by atoms with Gasteiger partial charge < -0.3 is 9.64 Å². The minimum atomic E-state index is -0.0992. The maximum atomic E-state index is 13.2. The van der Waals surface area contributed by atoms with Gasteiger partial charge in [0.15, 0.2) is 0 Å². The van der Waals surface area contributed by atoms with Crippen LogP contribution in [0, 0.1) is 6.92 Å². The van der Waals surface area contributed by atoms with E-state index >= 15 is 0 Å². The molecular formula is C18H23N3O2S. The molecule has 128 valence electrons. The molecule has 2 aromatic heterocycles. The van der Waals surface area contributed by atoms with Gasteiger partial charge in [-0.3, -0.25) is 9.78 Å². The van der Waals surface area contributed by atoms with Crippen LogP contribution in [0.2, 0.25) is 0 Å². The van der Waals surface area contributed by atoms with Gasteiger partial charge in [0.25, 0.3) is 5.91 Å². The molecule has 0 N–H and O–H groups in total. The monoisotopic (exact) mass is 345 g/mol. The van der Waals surface area contributed by atoms with Gasteiger partial charge in [-0.1, -0.05) is 6.07 Å². The first-order valence-electron chi connectivity index (χ1n) is 8.26. The van der Waals surface area contributed by atoms with Gasteiger partial charge >= 0.3 is 0 Å². The third kappa shape index (κ3) is 3.35. The molecular weight excluding hydrogens is 322 g/mol. The summed E-state index contributed by atoms with van der Waals surface area (Å²) in [4.78, 5) is 24.9. The summed E-state index contributed by atoms with van der Waals surface area (Å²) in [7, 11) is 1.66. The number of carbonyl (C=O) groups is 1. The van der Waals surface area contributed by atoms with E-state index in [0.29, 0.717) is 10.9 Å². The molecule has 0 aromatic carbocycles. The summed E-state index contributed by atoms with van der Waals surface area (Å²) in [5.74, 6) is 0.0557. The molecule has 0 radical (unpaired) electrons. The van der Waals surface area contributed by atoms with Crippen LogP contribution in [0.25, 0.3) is 0 Å². The van der Waals surface area contributed by atoms with Gasteiger partial charge in [0.05, 0.1) is 17.4 Å². The number of pyridine rings is 1. The van der Waals surface area contributed by atoms with E-state index in [0.717, 1.165) is 29.2 Å². The van der Waals surface area contributed by atoms with E-state index < -0.39 is 0 Å². The fourth-order valence-corrected chi connectivity index (χ4v) is 3.82. The van der Waals surface area contributed by atoms with E-state index in [1.807, 2.05) is 43.9 Å². The standard InChI is InChI=1S/C18H23N3O2S/c1-11-16(24-17(20-11)13(3)23-4)18(22)21(14-8-9-14)12(2)15-7-5-6-10-19-15/h5-7,10,12-14H,8-9H2,1-4H3/t12-,13+/m1/s1. The predicted octanol–water partition coefficient (Wildman–Crippen LogP) is 3.92. The second kappa shape index (κ2) is 6.99. The Balaban J connectivity index is 1.89. The molecule has 0 saturated heterocycles. The summed E-state index contributed by atoms with van der Waals surface area (Å²) < 4.78 is 5.33. The third-order valence-electron chi connectivity index (χ3n) is 4.42. The number of aromatic nitrogens is 2. The Morgan fingerprint density at radius 2 is 2.12 bits per heavy atom. The van der Waals surface area contributed by atoms with E-state index in [1.165, 1.54) is 11.3 Å². The number of hydrogen-bond donors (Lipinski definition) is 0. The van der Waals surface area contributed by atoms with Crippen LogP contribution in [0.1, 0.15) is 64.9 Å². The van der Waals surface area contributed by atoms with Crippen LogP contribution in [0.4, 0.5) is 0 Å². The summed E-state index contributed by atoms with van der Waals surface area (Å²) in [6, 6.07) is 6.09. The van der Waals surface area contributed by atoms with Crippen LogP contribution < -0.4 is 0 Å². The second-order valence-corrected chi connectivity index (χ2v) is 7.25. The lowest BCUT2D eigenvalue weighted by molar-refractivity contribution is 0.0674. The molecule has 1 saturated carbocycles. The van der Waals surface area contributed by atoms with Gasteiger partial charge in [-0.25, -0.2) is 4.98 Å². The smallest absolute Gasteiger partial charge is 0.266 e. The Morgan fingerprint density at radius 3 is 2.71 bits per heavy atom. The summed E-state index contributed by atoms with van der Waals surface area (Å²) in [5, 5.41) is 0.847. The minimum Gasteiger partial charge on any atom is -0.375 e. The van der Waals surface area contributed by atoms with Crippen LogP contribution in [0.15, 0.2) is 24.4 Å². The highest BCUT2D eigenvalue weighted by atomic mass is 32.1. The van der Waals surface area contributed by atoms with Crippen molar-refractivity contribution in [3.8, 4) is 0 Å². The second-order valence-electron chi connectivity index (χ2n) is 6.22. The lowest BCUT2D eigenvalue weighted by Gasteiger charge is -2.28. The molecule has 6 heteroatoms. The summed E-state index contributed by atoms with van der Waals surface area (Å²) in [6.45, 7) is 5.89. The van der Waals surface area contributed by atoms with Gasteiger partial charge in [0, 0.05) is 19.3 Å². The number of methoxy groups -OCH3 is 1. The van der Waals surface area contributed by atoms with E-state index in [4.69, 9.17) is 4.74 Å². The van der Waals surface area contributed by atoms with Crippen LogP contribution in [0.3, 0.4) is 0 Å². The van der Waals surface area contributed by atoms with E-state index in [-0.39, 0.29) is 18.1 Å². The van der Waals surface area contributed by atoms with Gasteiger partial charge in [-0.15, -0.1) is 11.3 Å². The molecule has 24 heavy (non-hydrogen) atoms. The molecule has 3 rings (SSSR count). The lowest BCUT2D eigenvalue weighted by Crippen LogP contribution is -2.35. The Labute approximate surface area is 146 Å². The van der Waals surface area contributed by atoms with Crippen molar-refractivity contribution in [2.75, 3.05) is 7.11 Å². The quantitative estimate of drug-likeness (QED) is 0.796. The topological polar surface area (TPSA) is 55.3 Å². The van der Waals surface area contributed by atoms with E-state index in [2.05, 4.69) is 9.97 Å². The van der Waals surface area contributed by atoms with Crippen LogP contribution in [0.5, 0.6) is 0 Å². The highest BCUT2D eigenvalue weighted by Gasteiger charge is 2.38. The van der Waals surface area contributed by atoms with E-state index in [1.54, 1.807) is 13.3 Å². The van der Waals surface area contributed by atoms with Crippen molar-refractivity contribution in [3.05, 3.63) is 45.7 Å². The minimum absolute atomic E-state index is 0.0454. The molecule has 1 fully saturated rings. The van der Waals surface area contributed by atoms with Crippen molar-refractivity contribution in [1.82, 2.24) is 14.9 Å². The summed E-state index contributed by atoms with van der Waals surface area (Å²) >= 11 is 1.44. The number of carbonyl (C=O) groups excluding carboxylic acids is 1. The Bertz CT molecular complexity index is 712. The van der Waals surface area contributed by atoms with Crippen molar-refractivity contribution < 1.29 is 9.53 Å². The van der Waals surface area contributed by atoms with Crippen molar-refractivity contribution in [1.29, 1.82) is 0 Å². The van der Waals surface area contributed by atoms with Gasteiger partial charge in [-0.05, 0) is 45.7 Å². The van der Waals surface area contributed by atoms with Crippen molar-refractivity contribution >= 4 is 17.2 Å². The Hall–Kier alpha value is -1.79. The molecule has 0 bridgehead atoms. The first kappa shape index (κ1) is 17.0. The van der Waals surface area contributed by atoms with Crippen molar-refractivity contribution in [2.45, 2.75) is 51.8 Å². The normalized spacial score (nSPS) is 16.7. The number of aryl methyl sites for hydroxylation is 1. The first-order chi connectivity index (χ1) is 11.5. The molecule has 2 aromatic rings. The van der Waals surface area contributed by atoms with E-state index in [9.17, 15) is 4.79 Å². The molecule has 1 aliphatic rings. The number of rotatable bonds is 6. The molecule has 0 unspecified atom stereocenters. The van der Waals surface area contributed by atoms with Crippen LogP contribution in [-0.4, -0.2) is 33.9 Å². The largest absolute Gasteiger partial charge is 0.375 e. The zero-order valence-electron chi connectivity index (χ0n) is 14.5. The zero-order valence-corrected chi connectivity index (χ0v) is 15.3. The number of thiazole rings is 1. The molecule has 1 aliphatic carbocycles. The summed E-state index contributed by atoms with van der Waals surface area (Å²) in [6.07, 6.45) is 3.79. The first-order valence-corrected chi connectivity index (χ1v) is 9.08. The van der Waals surface area contributed by atoms with Gasteiger partial charge in [0.2, 0.25) is 0 Å². The number of hydrogen-bond acceptors (Lipinski definition) is 5. The highest BCUT2D eigenvalue weighted by Crippen LogP contribution is 2.37. The molecule has 1 amide bonds. The third-order valence-corrected chi connectivity index (χ3v) is 5.72. The molecule has 5 nitrogen and oxygen atoms in total. The average molecular weight is 345 g/mol. The van der Waals surface area contributed by atoms with Gasteiger partial charge in [0.1, 0.15) is 16.0 Å². The fraction of sp³-hybridized carbons (Fsp3) is 0.500. The maximum absolute atomic E-state index is 13.2. The summed E-state index contributed by atoms with van der Waals surface area (Å²) in [5.41, 5.74) is 1.70. The number of ether oxygens (including phenoxy) is 1. The van der Waals surface area contributed by atoms with Crippen molar-refractivity contribution in [2.24, 2.45) is 0 Å². The maximum Gasteiger partial charge on any atom is 0.266 e. The Kier molecular flexibility index (Phi) is 4.96. The van der Waals surface area contributed by atoms with Gasteiger partial charge in [-0.2, -0.15) is 0 Å². The van der Waals surface area contributed by atoms with Crippen LogP contribution >= 0.6 is 11.3 Å². The lowest BCUT2D eigenvalue weighted by atomic mass is 10.1. The number of nitrogens with zero attached hydrogens (tertiary/aromatic N) is 3. The predicted molar refractivity (Wildman–Crippen MR) is 94.1 cm³/mol. The van der Waals surface area contributed by atoms with Crippen LogP contribution in [-0.2, 0) is 4.74 Å². The number of amides is 1. The fourth-order valence-electron chi connectivity index (χ4n) is 2.78. The Morgan fingerprint density at radius 1 is 1.38 bits per heavy atom. The average Bonchev–Trinajstić information content (AvgIpc) is 3.35.